The number of benzene rings is 1. The lowest BCUT2D eigenvalue weighted by atomic mass is 9.89. The quantitative estimate of drug-likeness (QED) is 0.870. The van der Waals surface area contributed by atoms with Crippen molar-refractivity contribution in [3.63, 3.8) is 0 Å². The number of rotatable bonds is 2. The summed E-state index contributed by atoms with van der Waals surface area (Å²) >= 11 is 0. The van der Waals surface area contributed by atoms with E-state index in [1.165, 1.54) is 0 Å². The van der Waals surface area contributed by atoms with Gasteiger partial charge in [0.15, 0.2) is 0 Å². The zero-order valence-corrected chi connectivity index (χ0v) is 10.9. The maximum absolute atomic E-state index is 11.9. The third-order valence-corrected chi connectivity index (χ3v) is 3.48. The summed E-state index contributed by atoms with van der Waals surface area (Å²) in [6, 6.07) is 9.69. The molecule has 0 radical (unpaired) electrons. The van der Waals surface area contributed by atoms with Crippen LogP contribution in [0.3, 0.4) is 0 Å². The smallest absolute Gasteiger partial charge is 0.410 e. The SMILES string of the molecule is CC1(C)CN(C(=O)OCc2ccccc2)C[C@H]1N. The molecule has 0 bridgehead atoms. The van der Waals surface area contributed by atoms with E-state index in [1.54, 1.807) is 4.90 Å². The van der Waals surface area contributed by atoms with Crippen molar-refractivity contribution in [2.75, 3.05) is 13.1 Å². The van der Waals surface area contributed by atoms with Gasteiger partial charge in [0, 0.05) is 19.1 Å². The minimum absolute atomic E-state index is 0.0155. The minimum Gasteiger partial charge on any atom is -0.445 e. The maximum Gasteiger partial charge on any atom is 0.410 e. The highest BCUT2D eigenvalue weighted by atomic mass is 16.6. The Labute approximate surface area is 108 Å². The van der Waals surface area contributed by atoms with E-state index in [1.807, 2.05) is 30.3 Å². The molecular weight excluding hydrogens is 228 g/mol. The van der Waals surface area contributed by atoms with Crippen molar-refractivity contribution in [3.8, 4) is 0 Å². The number of ether oxygens (including phenoxy) is 1. The average molecular weight is 248 g/mol. The van der Waals surface area contributed by atoms with E-state index in [4.69, 9.17) is 10.5 Å². The molecular formula is C14H20N2O2. The summed E-state index contributed by atoms with van der Waals surface area (Å²) in [7, 11) is 0. The number of hydrogen-bond acceptors (Lipinski definition) is 3. The molecule has 98 valence electrons. The lowest BCUT2D eigenvalue weighted by Crippen LogP contribution is -2.35. The molecule has 0 aliphatic carbocycles. The number of carbonyl (C=O) groups is 1. The molecule has 1 aromatic rings. The lowest BCUT2D eigenvalue weighted by molar-refractivity contribution is 0.101. The van der Waals surface area contributed by atoms with Crippen molar-refractivity contribution in [3.05, 3.63) is 35.9 Å². The number of nitrogens with two attached hydrogens (primary N) is 1. The Morgan fingerprint density at radius 1 is 1.44 bits per heavy atom. The predicted octanol–water partition coefficient (Wildman–Crippen LogP) is 1.99. The summed E-state index contributed by atoms with van der Waals surface area (Å²) in [5.41, 5.74) is 6.96. The van der Waals surface area contributed by atoms with Crippen LogP contribution < -0.4 is 5.73 Å². The predicted molar refractivity (Wildman–Crippen MR) is 70.0 cm³/mol. The van der Waals surface area contributed by atoms with E-state index in [-0.39, 0.29) is 17.6 Å². The third-order valence-electron chi connectivity index (χ3n) is 3.48. The van der Waals surface area contributed by atoms with Crippen LogP contribution in [0, 0.1) is 5.41 Å². The first kappa shape index (κ1) is 12.9. The Kier molecular flexibility index (Phi) is 3.57. The second-order valence-electron chi connectivity index (χ2n) is 5.52. The van der Waals surface area contributed by atoms with Crippen molar-refractivity contribution in [1.82, 2.24) is 4.90 Å². The molecule has 1 saturated heterocycles. The molecule has 4 nitrogen and oxygen atoms in total. The van der Waals surface area contributed by atoms with Crippen LogP contribution in [0.4, 0.5) is 4.79 Å². The number of amides is 1. The molecule has 1 heterocycles. The Morgan fingerprint density at radius 3 is 2.67 bits per heavy atom. The molecule has 0 spiro atoms. The van der Waals surface area contributed by atoms with Gasteiger partial charge in [-0.1, -0.05) is 44.2 Å². The van der Waals surface area contributed by atoms with Crippen molar-refractivity contribution in [2.45, 2.75) is 26.5 Å². The molecule has 1 aromatic carbocycles. The molecule has 1 fully saturated rings. The minimum atomic E-state index is -0.278. The Bertz CT molecular complexity index is 417. The topological polar surface area (TPSA) is 55.6 Å². The number of nitrogens with zero attached hydrogens (tertiary/aromatic N) is 1. The molecule has 0 aromatic heterocycles. The van der Waals surface area contributed by atoms with Crippen LogP contribution in [0.1, 0.15) is 19.4 Å². The zero-order chi connectivity index (χ0) is 13.2. The van der Waals surface area contributed by atoms with Gasteiger partial charge < -0.3 is 15.4 Å². The summed E-state index contributed by atoms with van der Waals surface area (Å²) in [6.07, 6.45) is -0.278. The number of carbonyl (C=O) groups excluding carboxylic acids is 1. The summed E-state index contributed by atoms with van der Waals surface area (Å²) < 4.78 is 5.29. The monoisotopic (exact) mass is 248 g/mol. The second-order valence-corrected chi connectivity index (χ2v) is 5.52. The highest BCUT2D eigenvalue weighted by Crippen LogP contribution is 2.28. The third kappa shape index (κ3) is 2.82. The van der Waals surface area contributed by atoms with Crippen LogP contribution in [-0.4, -0.2) is 30.1 Å². The fourth-order valence-electron chi connectivity index (χ4n) is 2.11. The first-order valence-corrected chi connectivity index (χ1v) is 6.20. The highest BCUT2D eigenvalue weighted by Gasteiger charge is 2.39. The van der Waals surface area contributed by atoms with Crippen LogP contribution >= 0.6 is 0 Å². The fraction of sp³-hybridized carbons (Fsp3) is 0.500. The fourth-order valence-corrected chi connectivity index (χ4v) is 2.11. The lowest BCUT2D eigenvalue weighted by Gasteiger charge is -2.21. The summed E-state index contributed by atoms with van der Waals surface area (Å²) in [5.74, 6) is 0. The Balaban J connectivity index is 1.87. The molecule has 2 rings (SSSR count). The summed E-state index contributed by atoms with van der Waals surface area (Å²) in [6.45, 7) is 5.68. The molecule has 4 heteroatoms. The molecule has 1 aliphatic rings. The van der Waals surface area contributed by atoms with Gasteiger partial charge in [-0.15, -0.1) is 0 Å². The van der Waals surface area contributed by atoms with Gasteiger partial charge in [-0.3, -0.25) is 0 Å². The van der Waals surface area contributed by atoms with Crippen molar-refractivity contribution >= 4 is 6.09 Å². The molecule has 0 saturated carbocycles. The van der Waals surface area contributed by atoms with Gasteiger partial charge in [-0.25, -0.2) is 4.79 Å². The van der Waals surface area contributed by atoms with Gasteiger partial charge in [0.2, 0.25) is 0 Å². The van der Waals surface area contributed by atoms with Gasteiger partial charge in [-0.05, 0) is 11.0 Å². The van der Waals surface area contributed by atoms with E-state index >= 15 is 0 Å². The molecule has 0 unspecified atom stereocenters. The first-order chi connectivity index (χ1) is 8.49. The van der Waals surface area contributed by atoms with Gasteiger partial charge >= 0.3 is 6.09 Å². The van der Waals surface area contributed by atoms with Crippen LogP contribution in [0.5, 0.6) is 0 Å². The number of likely N-dealkylation sites (tertiary alicyclic amines) is 1. The molecule has 1 amide bonds. The van der Waals surface area contributed by atoms with Crippen molar-refractivity contribution in [1.29, 1.82) is 0 Å². The van der Waals surface area contributed by atoms with Crippen molar-refractivity contribution in [2.24, 2.45) is 11.1 Å². The molecule has 18 heavy (non-hydrogen) atoms. The van der Waals surface area contributed by atoms with Gasteiger partial charge in [-0.2, -0.15) is 0 Å². The molecule has 1 atom stereocenters. The molecule has 2 N–H and O–H groups in total. The Hall–Kier alpha value is -1.55. The van der Waals surface area contributed by atoms with Crippen molar-refractivity contribution < 1.29 is 9.53 Å². The molecule has 1 aliphatic heterocycles. The van der Waals surface area contributed by atoms with Crippen LogP contribution in [0.2, 0.25) is 0 Å². The van der Waals surface area contributed by atoms with Crippen LogP contribution in [-0.2, 0) is 11.3 Å². The van der Waals surface area contributed by atoms with Crippen LogP contribution in [0.15, 0.2) is 30.3 Å². The maximum atomic E-state index is 11.9. The van der Waals surface area contributed by atoms with E-state index < -0.39 is 0 Å². The Morgan fingerprint density at radius 2 is 2.11 bits per heavy atom. The van der Waals surface area contributed by atoms with Gasteiger partial charge in [0.1, 0.15) is 6.61 Å². The van der Waals surface area contributed by atoms with E-state index in [9.17, 15) is 4.79 Å². The zero-order valence-electron chi connectivity index (χ0n) is 10.9. The standard InChI is InChI=1S/C14H20N2O2/c1-14(2)10-16(8-12(14)15)13(17)18-9-11-6-4-3-5-7-11/h3-7,12H,8-10,15H2,1-2H3/t12-/m1/s1. The van der Waals surface area contributed by atoms with E-state index in [0.29, 0.717) is 19.7 Å². The highest BCUT2D eigenvalue weighted by molar-refractivity contribution is 5.68. The van der Waals surface area contributed by atoms with E-state index in [0.717, 1.165) is 5.56 Å². The first-order valence-electron chi connectivity index (χ1n) is 6.20. The van der Waals surface area contributed by atoms with Gasteiger partial charge in [0.05, 0.1) is 0 Å². The second kappa shape index (κ2) is 4.98. The summed E-state index contributed by atoms with van der Waals surface area (Å²) in [5, 5.41) is 0. The normalized spacial score (nSPS) is 21.9. The van der Waals surface area contributed by atoms with Gasteiger partial charge in [0.25, 0.3) is 0 Å². The van der Waals surface area contributed by atoms with Crippen LogP contribution in [0.25, 0.3) is 0 Å². The summed E-state index contributed by atoms with van der Waals surface area (Å²) in [4.78, 5) is 13.6. The largest absolute Gasteiger partial charge is 0.445 e. The average Bonchev–Trinajstić information content (AvgIpc) is 2.62. The number of hydrogen-bond donors (Lipinski definition) is 1. The van der Waals surface area contributed by atoms with E-state index in [2.05, 4.69) is 13.8 Å².